The van der Waals surface area contributed by atoms with Gasteiger partial charge >= 0.3 is 16.4 Å². The van der Waals surface area contributed by atoms with Crippen molar-refractivity contribution in [3.8, 4) is 0 Å². The zero-order valence-corrected chi connectivity index (χ0v) is 13.1. The molecule has 0 saturated heterocycles. The number of nitrogens with one attached hydrogen (secondary N) is 2. The van der Waals surface area contributed by atoms with Gasteiger partial charge in [-0.2, -0.15) is 13.1 Å². The number of pyridine rings is 1. The van der Waals surface area contributed by atoms with Crippen molar-refractivity contribution in [2.75, 3.05) is 6.54 Å². The number of benzene rings is 1. The van der Waals surface area contributed by atoms with Gasteiger partial charge in [-0.1, -0.05) is 36.4 Å². The molecular weight excluding hydrogens is 318 g/mol. The van der Waals surface area contributed by atoms with Crippen LogP contribution in [0.4, 0.5) is 4.79 Å². The maximum Gasteiger partial charge on any atom is 0.423 e. The second kappa shape index (κ2) is 8.25. The van der Waals surface area contributed by atoms with E-state index in [0.29, 0.717) is 6.42 Å². The lowest BCUT2D eigenvalue weighted by Crippen LogP contribution is -2.34. The predicted octanol–water partition coefficient (Wildman–Crippen LogP) is 1.38. The molecule has 0 aliphatic carbocycles. The van der Waals surface area contributed by atoms with Crippen molar-refractivity contribution in [3.05, 3.63) is 66.0 Å². The third-order valence-corrected chi connectivity index (χ3v) is 3.78. The van der Waals surface area contributed by atoms with Crippen molar-refractivity contribution < 1.29 is 17.4 Å². The molecule has 0 radical (unpaired) electrons. The van der Waals surface area contributed by atoms with Gasteiger partial charge in [-0.05, 0) is 17.7 Å². The van der Waals surface area contributed by atoms with Gasteiger partial charge in [0.05, 0.1) is 0 Å². The molecule has 0 bridgehead atoms. The maximum atomic E-state index is 11.6. The molecule has 8 heteroatoms. The third kappa shape index (κ3) is 6.45. The number of rotatable bonds is 7. The number of nitrogens with zero attached hydrogens (tertiary/aromatic N) is 1. The fourth-order valence-electron chi connectivity index (χ4n) is 1.78. The zero-order valence-electron chi connectivity index (χ0n) is 12.3. The fourth-order valence-corrected chi connectivity index (χ4v) is 2.45. The summed E-state index contributed by atoms with van der Waals surface area (Å²) < 4.78 is 29.8. The van der Waals surface area contributed by atoms with Crippen LogP contribution in [0.3, 0.4) is 0 Å². The Balaban J connectivity index is 1.73. The Morgan fingerprint density at radius 2 is 1.83 bits per heavy atom. The monoisotopic (exact) mass is 335 g/mol. The van der Waals surface area contributed by atoms with Crippen molar-refractivity contribution in [2.24, 2.45) is 0 Å². The summed E-state index contributed by atoms with van der Waals surface area (Å²) in [5.74, 6) is 0. The zero-order chi connectivity index (χ0) is 16.5. The molecule has 0 saturated carbocycles. The number of amides is 1. The van der Waals surface area contributed by atoms with E-state index in [1.54, 1.807) is 30.5 Å². The molecule has 1 heterocycles. The summed E-state index contributed by atoms with van der Waals surface area (Å²) in [4.78, 5) is 15.6. The molecule has 0 aliphatic rings. The van der Waals surface area contributed by atoms with Gasteiger partial charge in [0.2, 0.25) is 0 Å². The van der Waals surface area contributed by atoms with Crippen LogP contribution in [0, 0.1) is 0 Å². The lowest BCUT2D eigenvalue weighted by molar-refractivity contribution is 0.201. The van der Waals surface area contributed by atoms with Crippen LogP contribution >= 0.6 is 0 Å². The molecule has 0 fully saturated rings. The number of hydrogen-bond donors (Lipinski definition) is 2. The number of carbonyl (C=O) groups is 1. The van der Waals surface area contributed by atoms with Crippen LogP contribution in [0.15, 0.2) is 54.7 Å². The van der Waals surface area contributed by atoms with Gasteiger partial charge in [-0.25, -0.2) is 4.79 Å². The molecule has 7 nitrogen and oxygen atoms in total. The molecule has 0 spiro atoms. The molecule has 2 aromatic rings. The summed E-state index contributed by atoms with van der Waals surface area (Å²) in [5.41, 5.74) is 1.58. The van der Waals surface area contributed by atoms with Gasteiger partial charge in [-0.3, -0.25) is 4.98 Å². The highest BCUT2D eigenvalue weighted by molar-refractivity contribution is 7.85. The quantitative estimate of drug-likeness (QED) is 0.797. The molecule has 0 unspecified atom stereocenters. The van der Waals surface area contributed by atoms with Crippen LogP contribution in [-0.2, 0) is 27.5 Å². The summed E-state index contributed by atoms with van der Waals surface area (Å²) >= 11 is 0. The van der Waals surface area contributed by atoms with E-state index in [2.05, 4.69) is 19.2 Å². The minimum absolute atomic E-state index is 0.0886. The molecule has 0 atom stereocenters. The topological polar surface area (TPSA) is 97.4 Å². The first-order valence-electron chi connectivity index (χ1n) is 6.96. The van der Waals surface area contributed by atoms with Crippen LogP contribution in [0.2, 0.25) is 0 Å². The largest absolute Gasteiger partial charge is 0.423 e. The highest BCUT2D eigenvalue weighted by Gasteiger charge is 2.16. The average Bonchev–Trinajstić information content (AvgIpc) is 2.54. The van der Waals surface area contributed by atoms with Gasteiger partial charge in [-0.15, -0.1) is 0 Å². The second-order valence-electron chi connectivity index (χ2n) is 4.63. The average molecular weight is 335 g/mol. The number of hydrogen-bond acceptors (Lipinski definition) is 5. The lowest BCUT2D eigenvalue weighted by atomic mass is 10.2. The third-order valence-electron chi connectivity index (χ3n) is 2.85. The summed E-state index contributed by atoms with van der Waals surface area (Å²) in [7, 11) is -4.15. The van der Waals surface area contributed by atoms with E-state index >= 15 is 0 Å². The molecule has 1 aromatic carbocycles. The van der Waals surface area contributed by atoms with Crippen LogP contribution in [0.5, 0.6) is 0 Å². The van der Waals surface area contributed by atoms with E-state index in [1.807, 2.05) is 24.3 Å². The van der Waals surface area contributed by atoms with Crippen molar-refractivity contribution in [1.82, 2.24) is 15.0 Å². The van der Waals surface area contributed by atoms with E-state index < -0.39 is 16.4 Å². The SMILES string of the molecule is O=C(NCc1ccccc1)OS(=O)(=O)NCCc1ccccn1. The normalized spacial score (nSPS) is 11.0. The Hall–Kier alpha value is -2.45. The Labute approximate surface area is 135 Å². The van der Waals surface area contributed by atoms with Gasteiger partial charge in [0.1, 0.15) is 0 Å². The highest BCUT2D eigenvalue weighted by atomic mass is 32.2. The lowest BCUT2D eigenvalue weighted by Gasteiger charge is -2.08. The summed E-state index contributed by atoms with van der Waals surface area (Å²) in [6.07, 6.45) is 0.992. The van der Waals surface area contributed by atoms with Crippen molar-refractivity contribution >= 4 is 16.4 Å². The van der Waals surface area contributed by atoms with Crippen LogP contribution in [0.25, 0.3) is 0 Å². The minimum atomic E-state index is -4.15. The summed E-state index contributed by atoms with van der Waals surface area (Å²) in [6.45, 7) is 0.272. The molecule has 122 valence electrons. The first-order chi connectivity index (χ1) is 11.1. The first-order valence-corrected chi connectivity index (χ1v) is 8.37. The van der Waals surface area contributed by atoms with Gasteiger partial charge in [0.25, 0.3) is 0 Å². The van der Waals surface area contributed by atoms with E-state index in [1.165, 1.54) is 0 Å². The van der Waals surface area contributed by atoms with Crippen molar-refractivity contribution in [3.63, 3.8) is 0 Å². The van der Waals surface area contributed by atoms with Gasteiger partial charge < -0.3 is 9.50 Å². The molecule has 0 aliphatic heterocycles. The van der Waals surface area contributed by atoms with Crippen LogP contribution < -0.4 is 10.0 Å². The summed E-state index contributed by atoms with van der Waals surface area (Å²) in [5, 5.41) is 2.37. The Bertz CT molecular complexity index is 721. The van der Waals surface area contributed by atoms with E-state index in [-0.39, 0.29) is 13.1 Å². The molecule has 2 N–H and O–H groups in total. The molecule has 23 heavy (non-hydrogen) atoms. The maximum absolute atomic E-state index is 11.6. The Morgan fingerprint density at radius 3 is 2.52 bits per heavy atom. The van der Waals surface area contributed by atoms with Crippen LogP contribution in [-0.4, -0.2) is 26.0 Å². The Morgan fingerprint density at radius 1 is 1.09 bits per heavy atom. The van der Waals surface area contributed by atoms with Crippen LogP contribution in [0.1, 0.15) is 11.3 Å². The number of carbonyl (C=O) groups excluding carboxylic acids is 1. The molecule has 1 aromatic heterocycles. The van der Waals surface area contributed by atoms with Crippen molar-refractivity contribution in [1.29, 1.82) is 0 Å². The molecule has 1 amide bonds. The summed E-state index contributed by atoms with van der Waals surface area (Å²) in [6, 6.07) is 14.5. The van der Waals surface area contributed by atoms with E-state index in [4.69, 9.17) is 0 Å². The van der Waals surface area contributed by atoms with Gasteiger partial charge in [0.15, 0.2) is 0 Å². The fraction of sp³-hybridized carbons (Fsp3) is 0.200. The van der Waals surface area contributed by atoms with Crippen molar-refractivity contribution in [2.45, 2.75) is 13.0 Å². The Kier molecular flexibility index (Phi) is 6.07. The smallest absolute Gasteiger partial charge is 0.316 e. The predicted molar refractivity (Wildman–Crippen MR) is 84.6 cm³/mol. The van der Waals surface area contributed by atoms with E-state index in [9.17, 15) is 13.2 Å². The standard InChI is InChI=1S/C15H17N3O4S/c19-15(17-12-13-6-2-1-3-7-13)22-23(20,21)18-11-9-14-8-4-5-10-16-14/h1-8,10,18H,9,11-12H2,(H,17,19). The highest BCUT2D eigenvalue weighted by Crippen LogP contribution is 1.99. The number of aromatic nitrogens is 1. The second-order valence-corrected chi connectivity index (χ2v) is 5.99. The van der Waals surface area contributed by atoms with Gasteiger partial charge in [0, 0.05) is 31.4 Å². The molecule has 2 rings (SSSR count). The molecular formula is C15H17N3O4S. The van der Waals surface area contributed by atoms with E-state index in [0.717, 1.165) is 11.3 Å². The first kappa shape index (κ1) is 16.9. The minimum Gasteiger partial charge on any atom is -0.316 e.